The van der Waals surface area contributed by atoms with Crippen LogP contribution in [0.15, 0.2) is 53.2 Å². The Morgan fingerprint density at radius 2 is 1.73 bits per heavy atom. The van der Waals surface area contributed by atoms with Crippen molar-refractivity contribution in [2.75, 3.05) is 0 Å². The molecule has 3 heterocycles. The molecule has 0 fully saturated rings. The van der Waals surface area contributed by atoms with Crippen LogP contribution < -0.4 is 0 Å². The molecule has 5 aromatic rings. The predicted octanol–water partition coefficient (Wildman–Crippen LogP) is 5.86. The fourth-order valence-electron chi connectivity index (χ4n) is 3.42. The van der Waals surface area contributed by atoms with E-state index < -0.39 is 0 Å². The van der Waals surface area contributed by atoms with Crippen molar-refractivity contribution in [1.82, 2.24) is 15.0 Å². The van der Waals surface area contributed by atoms with Crippen molar-refractivity contribution in [1.29, 1.82) is 0 Å². The van der Waals surface area contributed by atoms with E-state index in [4.69, 9.17) is 16.0 Å². The number of hydrogen-bond donors (Lipinski definition) is 0. The first-order chi connectivity index (χ1) is 12.6. The van der Waals surface area contributed by atoms with Crippen LogP contribution >= 0.6 is 11.6 Å². The van der Waals surface area contributed by atoms with E-state index in [9.17, 15) is 0 Å². The summed E-state index contributed by atoms with van der Waals surface area (Å²) in [5.41, 5.74) is 6.07. The number of aryl methyl sites for hydroxylation is 2. The van der Waals surface area contributed by atoms with Gasteiger partial charge in [-0.15, -0.1) is 0 Å². The molecule has 0 N–H and O–H groups in total. The molecule has 26 heavy (non-hydrogen) atoms. The maximum absolute atomic E-state index is 6.15. The lowest BCUT2D eigenvalue weighted by Gasteiger charge is -2.07. The summed E-state index contributed by atoms with van der Waals surface area (Å²) in [5, 5.41) is 3.65. The molecule has 3 aromatic heterocycles. The van der Waals surface area contributed by atoms with Crippen LogP contribution in [0.5, 0.6) is 0 Å². The monoisotopic (exact) mass is 359 g/mol. The van der Waals surface area contributed by atoms with Crippen molar-refractivity contribution in [3.8, 4) is 11.3 Å². The predicted molar refractivity (Wildman–Crippen MR) is 105 cm³/mol. The molecule has 2 aromatic carbocycles. The van der Waals surface area contributed by atoms with Crippen LogP contribution in [0.25, 0.3) is 44.2 Å². The summed E-state index contributed by atoms with van der Waals surface area (Å²) in [7, 11) is 0. The molecule has 0 aliphatic carbocycles. The quantitative estimate of drug-likeness (QED) is 0.376. The molecule has 0 aliphatic rings. The molecule has 0 aliphatic heterocycles. The van der Waals surface area contributed by atoms with Crippen LogP contribution in [0.2, 0.25) is 5.02 Å². The molecule has 0 saturated heterocycles. The summed E-state index contributed by atoms with van der Waals surface area (Å²) in [6.07, 6.45) is 1.56. The minimum atomic E-state index is 0.647. The van der Waals surface area contributed by atoms with Crippen molar-refractivity contribution in [3.63, 3.8) is 0 Å². The Bertz CT molecular complexity index is 1320. The van der Waals surface area contributed by atoms with Crippen molar-refractivity contribution < 1.29 is 4.42 Å². The van der Waals surface area contributed by atoms with Gasteiger partial charge in [0.1, 0.15) is 11.9 Å². The highest BCUT2D eigenvalue weighted by Gasteiger charge is 2.17. The van der Waals surface area contributed by atoms with E-state index >= 15 is 0 Å². The zero-order valence-electron chi connectivity index (χ0n) is 14.2. The van der Waals surface area contributed by atoms with E-state index in [1.54, 1.807) is 6.33 Å². The number of nitrogens with zero attached hydrogens (tertiary/aromatic N) is 3. The molecule has 126 valence electrons. The van der Waals surface area contributed by atoms with Gasteiger partial charge in [0.2, 0.25) is 5.71 Å². The molecule has 0 radical (unpaired) electrons. The topological polar surface area (TPSA) is 51.8 Å². The lowest BCUT2D eigenvalue weighted by atomic mass is 10.0. The average Bonchev–Trinajstić information content (AvgIpc) is 2.97. The van der Waals surface area contributed by atoms with Crippen molar-refractivity contribution in [2.24, 2.45) is 0 Å². The molecule has 0 spiro atoms. The SMILES string of the molecule is Cc1cc(-c2ncnc3cc(Cl)ccc23)c2oc3nc(C)ccc3c2c1. The van der Waals surface area contributed by atoms with Gasteiger partial charge in [-0.2, -0.15) is 0 Å². The molecular weight excluding hydrogens is 346 g/mol. The van der Waals surface area contributed by atoms with E-state index in [1.807, 2.05) is 31.2 Å². The van der Waals surface area contributed by atoms with Gasteiger partial charge < -0.3 is 4.42 Å². The van der Waals surface area contributed by atoms with E-state index in [1.165, 1.54) is 0 Å². The zero-order valence-corrected chi connectivity index (χ0v) is 15.0. The summed E-state index contributed by atoms with van der Waals surface area (Å²) < 4.78 is 6.15. The largest absolute Gasteiger partial charge is 0.437 e. The Morgan fingerprint density at radius 1 is 0.885 bits per heavy atom. The lowest BCUT2D eigenvalue weighted by Crippen LogP contribution is -1.90. The first kappa shape index (κ1) is 15.3. The summed E-state index contributed by atoms with van der Waals surface area (Å²) >= 11 is 6.12. The number of fused-ring (bicyclic) bond motifs is 4. The molecule has 0 unspecified atom stereocenters. The van der Waals surface area contributed by atoms with Gasteiger partial charge in [-0.25, -0.2) is 15.0 Å². The van der Waals surface area contributed by atoms with Gasteiger partial charge in [0, 0.05) is 32.4 Å². The minimum Gasteiger partial charge on any atom is -0.437 e. The summed E-state index contributed by atoms with van der Waals surface area (Å²) in [5.74, 6) is 0. The number of aromatic nitrogens is 3. The number of pyridine rings is 1. The van der Waals surface area contributed by atoms with Crippen LogP contribution in [0, 0.1) is 13.8 Å². The standard InChI is InChI=1S/C21H14ClN3O/c1-11-7-16-14-5-3-12(2)25-21(14)26-20(16)17(8-11)19-15-6-4-13(22)9-18(15)23-10-24-19/h3-10H,1-2H3. The molecule has 0 bridgehead atoms. The fourth-order valence-corrected chi connectivity index (χ4v) is 3.58. The molecule has 4 nitrogen and oxygen atoms in total. The first-order valence-corrected chi connectivity index (χ1v) is 8.69. The number of furan rings is 1. The first-order valence-electron chi connectivity index (χ1n) is 8.31. The van der Waals surface area contributed by atoms with Crippen molar-refractivity contribution >= 4 is 44.6 Å². The normalized spacial score (nSPS) is 11.7. The zero-order chi connectivity index (χ0) is 17.8. The Morgan fingerprint density at radius 3 is 2.62 bits per heavy atom. The van der Waals surface area contributed by atoms with Crippen LogP contribution in [-0.2, 0) is 0 Å². The fraction of sp³-hybridized carbons (Fsp3) is 0.0952. The van der Waals surface area contributed by atoms with Crippen LogP contribution in [0.3, 0.4) is 0 Å². The number of rotatable bonds is 1. The highest BCUT2D eigenvalue weighted by Crippen LogP contribution is 2.37. The van der Waals surface area contributed by atoms with Gasteiger partial charge in [0.15, 0.2) is 0 Å². The Balaban J connectivity index is 1.92. The smallest absolute Gasteiger partial charge is 0.227 e. The third kappa shape index (κ3) is 2.26. The maximum Gasteiger partial charge on any atom is 0.227 e. The van der Waals surface area contributed by atoms with Gasteiger partial charge in [0.05, 0.1) is 11.2 Å². The minimum absolute atomic E-state index is 0.647. The van der Waals surface area contributed by atoms with Crippen molar-refractivity contribution in [3.05, 3.63) is 65.1 Å². The van der Waals surface area contributed by atoms with E-state index in [0.29, 0.717) is 10.7 Å². The second-order valence-electron chi connectivity index (χ2n) is 6.48. The third-order valence-electron chi connectivity index (χ3n) is 4.58. The molecule has 0 saturated carbocycles. The summed E-state index contributed by atoms with van der Waals surface area (Å²) in [4.78, 5) is 13.4. The van der Waals surface area contributed by atoms with Gasteiger partial charge in [-0.1, -0.05) is 11.6 Å². The highest BCUT2D eigenvalue weighted by molar-refractivity contribution is 6.31. The Labute approximate surface area is 154 Å². The van der Waals surface area contributed by atoms with Crippen LogP contribution in [0.4, 0.5) is 0 Å². The second kappa shape index (κ2) is 5.51. The van der Waals surface area contributed by atoms with E-state index in [-0.39, 0.29) is 0 Å². The number of halogens is 1. The van der Waals surface area contributed by atoms with Crippen LogP contribution in [-0.4, -0.2) is 15.0 Å². The van der Waals surface area contributed by atoms with E-state index in [0.717, 1.165) is 49.8 Å². The number of hydrogen-bond acceptors (Lipinski definition) is 4. The average molecular weight is 360 g/mol. The van der Waals surface area contributed by atoms with Gasteiger partial charge >= 0.3 is 0 Å². The molecular formula is C21H14ClN3O. The molecule has 0 amide bonds. The van der Waals surface area contributed by atoms with Gasteiger partial charge in [-0.3, -0.25) is 0 Å². The van der Waals surface area contributed by atoms with Gasteiger partial charge in [-0.05, 0) is 61.9 Å². The molecule has 5 rings (SSSR count). The summed E-state index contributed by atoms with van der Waals surface area (Å²) in [6.45, 7) is 4.03. The Kier molecular flexibility index (Phi) is 3.24. The summed E-state index contributed by atoms with van der Waals surface area (Å²) in [6, 6.07) is 13.9. The third-order valence-corrected chi connectivity index (χ3v) is 4.81. The molecule has 0 atom stereocenters. The van der Waals surface area contributed by atoms with E-state index in [2.05, 4.69) is 40.1 Å². The second-order valence-corrected chi connectivity index (χ2v) is 6.92. The molecule has 5 heteroatoms. The van der Waals surface area contributed by atoms with Gasteiger partial charge in [0.25, 0.3) is 0 Å². The van der Waals surface area contributed by atoms with Crippen molar-refractivity contribution in [2.45, 2.75) is 13.8 Å². The Hall–Kier alpha value is -2.98. The maximum atomic E-state index is 6.15. The lowest BCUT2D eigenvalue weighted by molar-refractivity contribution is 0.653. The number of benzene rings is 2. The van der Waals surface area contributed by atoms with Crippen LogP contribution in [0.1, 0.15) is 11.3 Å². The highest BCUT2D eigenvalue weighted by atomic mass is 35.5.